The van der Waals surface area contributed by atoms with Crippen molar-refractivity contribution in [3.8, 4) is 34.5 Å². The monoisotopic (exact) mass is 950 g/mol. The number of hydrogen-bond donors (Lipinski definition) is 0. The molecule has 2 saturated carbocycles. The van der Waals surface area contributed by atoms with Gasteiger partial charge in [-0.3, -0.25) is 14.4 Å². The molecule has 0 saturated heterocycles. The number of carbonyl (C=O) groups excluding carboxylic acids is 4. The number of ether oxygens (including phenoxy) is 6. The van der Waals surface area contributed by atoms with Crippen molar-refractivity contribution < 1.29 is 67.1 Å². The summed E-state index contributed by atoms with van der Waals surface area (Å²) in [6.45, 7) is 6.22. The Morgan fingerprint density at radius 3 is 1.27 bits per heavy atom. The third kappa shape index (κ3) is 21.0. The van der Waals surface area contributed by atoms with E-state index < -0.39 is 5.97 Å². The third-order valence-corrected chi connectivity index (χ3v) is 12.0. The summed E-state index contributed by atoms with van der Waals surface area (Å²) in [5, 5.41) is 0. The maximum absolute atomic E-state index is 13.0. The van der Waals surface area contributed by atoms with E-state index in [0.717, 1.165) is 82.8 Å². The van der Waals surface area contributed by atoms with Crippen LogP contribution in [0.5, 0.6) is 34.5 Å². The smallest absolute Gasteiger partial charge is 0.330 e. The summed E-state index contributed by atoms with van der Waals surface area (Å²) in [7, 11) is 0. The zero-order chi connectivity index (χ0) is 47.3. The number of carbonyl (C=O) groups is 4. The normalized spacial score (nSPS) is 17.9. The van der Waals surface area contributed by atoms with Crippen molar-refractivity contribution in [2.24, 2.45) is 23.7 Å². The number of halogens is 1. The van der Waals surface area contributed by atoms with Crippen LogP contribution in [0, 0.1) is 23.7 Å². The Morgan fingerprint density at radius 1 is 0.493 bits per heavy atom. The van der Waals surface area contributed by atoms with Crippen molar-refractivity contribution in [1.82, 2.24) is 0 Å². The van der Waals surface area contributed by atoms with E-state index in [2.05, 4.69) is 6.58 Å². The number of rotatable bonds is 31. The third-order valence-electron chi connectivity index (χ3n) is 11.8. The molecule has 5 rings (SSSR count). The summed E-state index contributed by atoms with van der Waals surface area (Å²) in [5.74, 6) is 2.87. The fourth-order valence-electron chi connectivity index (χ4n) is 7.75. The van der Waals surface area contributed by atoms with Gasteiger partial charge in [0.25, 0.3) is 0 Å². The van der Waals surface area contributed by atoms with Crippen LogP contribution in [0.15, 0.2) is 85.5 Å². The minimum atomic E-state index is -0.394. The van der Waals surface area contributed by atoms with E-state index in [1.54, 1.807) is 60.7 Å². The van der Waals surface area contributed by atoms with Crippen LogP contribution in [-0.2, 0) is 38.4 Å². The van der Waals surface area contributed by atoms with Crippen LogP contribution >= 0.6 is 11.6 Å². The lowest BCUT2D eigenvalue weighted by atomic mass is 9.82. The number of benzene rings is 3. The van der Waals surface area contributed by atoms with Crippen LogP contribution in [-0.4, -0.2) is 69.4 Å². The lowest BCUT2D eigenvalue weighted by Gasteiger charge is -2.26. The minimum absolute atomic E-state index is 0.169. The fraction of sp³-hybridized carbons (Fsp3) is 0.538. The summed E-state index contributed by atoms with van der Waals surface area (Å²) >= 11 is 5.53. The van der Waals surface area contributed by atoms with Crippen LogP contribution in [0.4, 0.5) is 0 Å². The van der Waals surface area contributed by atoms with Crippen LogP contribution in [0.1, 0.15) is 109 Å². The SMILES string of the molecule is C=CC(=O)OCCCCCCOc1ccc(OC(=O)C2CCC(COOc3ccc(OC(=O)C4CCC(COOc5ccc(OCCCCCCOC(=O)CCCl)cc5)CC4)cc3)CC2)cc1. The van der Waals surface area contributed by atoms with Crippen molar-refractivity contribution in [2.75, 3.05) is 45.5 Å². The summed E-state index contributed by atoms with van der Waals surface area (Å²) in [6.07, 6.45) is 14.9. The Bertz CT molecular complexity index is 1890. The number of esters is 4. The average Bonchev–Trinajstić information content (AvgIpc) is 3.35. The van der Waals surface area contributed by atoms with Crippen molar-refractivity contribution in [2.45, 2.75) is 109 Å². The standard InChI is InChI=1S/C52H67ClO14/c1-2-49(54)60-35-9-5-3-7-33-58-43-19-23-45(24-20-43)64-51(56)41-15-11-40(12-16-41)38-63-67-48-29-25-46(26-30-48)65-52(57)42-17-13-39(14-18-42)37-62-66-47-27-21-44(22-28-47)59-34-8-4-6-10-36-61-50(55)31-32-53/h2,19-30,39-42H,1,3-18,31-38H2. The molecule has 15 heteroatoms. The number of hydrogen-bond acceptors (Lipinski definition) is 14. The molecule has 67 heavy (non-hydrogen) atoms. The largest absolute Gasteiger partial charge is 0.494 e. The first-order chi connectivity index (χ1) is 32.8. The topological polar surface area (TPSA) is 161 Å². The Kier molecular flexibility index (Phi) is 24.3. The quantitative estimate of drug-likeness (QED) is 0.0114. The molecule has 0 aromatic heterocycles. The highest BCUT2D eigenvalue weighted by molar-refractivity contribution is 6.18. The second-order valence-corrected chi connectivity index (χ2v) is 17.4. The van der Waals surface area contributed by atoms with Gasteiger partial charge in [0.1, 0.15) is 23.0 Å². The average molecular weight is 952 g/mol. The maximum Gasteiger partial charge on any atom is 0.330 e. The summed E-state index contributed by atoms with van der Waals surface area (Å²) in [5.41, 5.74) is 0. The van der Waals surface area contributed by atoms with Gasteiger partial charge in [0, 0.05) is 12.0 Å². The highest BCUT2D eigenvalue weighted by Gasteiger charge is 2.29. The van der Waals surface area contributed by atoms with Gasteiger partial charge in [-0.05, 0) is 187 Å². The van der Waals surface area contributed by atoms with E-state index >= 15 is 0 Å². The number of alkyl halides is 1. The molecule has 3 aromatic rings. The predicted molar refractivity (Wildman–Crippen MR) is 250 cm³/mol. The van der Waals surface area contributed by atoms with Gasteiger partial charge in [0.05, 0.1) is 57.9 Å². The highest BCUT2D eigenvalue weighted by atomic mass is 35.5. The zero-order valence-electron chi connectivity index (χ0n) is 38.6. The Balaban J connectivity index is 0.851. The highest BCUT2D eigenvalue weighted by Crippen LogP contribution is 2.33. The summed E-state index contributed by atoms with van der Waals surface area (Å²) in [4.78, 5) is 70.4. The van der Waals surface area contributed by atoms with E-state index in [-0.39, 0.29) is 53.9 Å². The molecule has 2 fully saturated rings. The molecule has 0 aliphatic heterocycles. The molecule has 0 heterocycles. The molecular formula is C52H67ClO14. The maximum atomic E-state index is 13.0. The molecule has 3 aromatic carbocycles. The molecule has 2 aliphatic carbocycles. The van der Waals surface area contributed by atoms with E-state index in [4.69, 9.17) is 59.6 Å². The summed E-state index contributed by atoms with van der Waals surface area (Å²) in [6, 6.07) is 21.2. The first kappa shape index (κ1) is 52.7. The minimum Gasteiger partial charge on any atom is -0.494 e. The van der Waals surface area contributed by atoms with Crippen LogP contribution in [0.3, 0.4) is 0 Å². The predicted octanol–water partition coefficient (Wildman–Crippen LogP) is 10.9. The zero-order valence-corrected chi connectivity index (χ0v) is 39.3. The van der Waals surface area contributed by atoms with E-state index in [1.807, 2.05) is 12.1 Å². The molecule has 0 N–H and O–H groups in total. The molecule has 0 atom stereocenters. The Morgan fingerprint density at radius 2 is 0.866 bits per heavy atom. The lowest BCUT2D eigenvalue weighted by Crippen LogP contribution is -2.27. The van der Waals surface area contributed by atoms with Crippen LogP contribution < -0.4 is 28.7 Å². The molecule has 0 radical (unpaired) electrons. The van der Waals surface area contributed by atoms with E-state index in [1.165, 1.54) is 6.08 Å². The second-order valence-electron chi connectivity index (χ2n) is 17.0. The van der Waals surface area contributed by atoms with Gasteiger partial charge in [0.2, 0.25) is 0 Å². The van der Waals surface area contributed by atoms with Crippen molar-refractivity contribution >= 4 is 35.5 Å². The van der Waals surface area contributed by atoms with E-state index in [9.17, 15) is 19.2 Å². The van der Waals surface area contributed by atoms with Crippen molar-refractivity contribution in [3.05, 3.63) is 85.5 Å². The molecule has 0 spiro atoms. The molecule has 14 nitrogen and oxygen atoms in total. The van der Waals surface area contributed by atoms with Crippen LogP contribution in [0.2, 0.25) is 0 Å². The molecule has 0 amide bonds. The fourth-order valence-corrected chi connectivity index (χ4v) is 7.90. The summed E-state index contributed by atoms with van der Waals surface area (Å²) < 4.78 is 33.1. The van der Waals surface area contributed by atoms with Gasteiger partial charge in [-0.2, -0.15) is 9.78 Å². The second kappa shape index (κ2) is 30.9. The molecule has 2 aliphatic rings. The van der Waals surface area contributed by atoms with Crippen molar-refractivity contribution in [1.29, 1.82) is 0 Å². The first-order valence-electron chi connectivity index (χ1n) is 23.9. The molecule has 0 bridgehead atoms. The Labute approximate surface area is 399 Å². The van der Waals surface area contributed by atoms with Gasteiger partial charge in [0.15, 0.2) is 11.5 Å². The molecule has 0 unspecified atom stereocenters. The van der Waals surface area contributed by atoms with Gasteiger partial charge in [-0.15, -0.1) is 11.6 Å². The number of unbranched alkanes of at least 4 members (excludes halogenated alkanes) is 6. The van der Waals surface area contributed by atoms with Gasteiger partial charge in [-0.25, -0.2) is 4.79 Å². The van der Waals surface area contributed by atoms with Gasteiger partial charge >= 0.3 is 23.9 Å². The van der Waals surface area contributed by atoms with Gasteiger partial charge < -0.3 is 38.2 Å². The van der Waals surface area contributed by atoms with Crippen LogP contribution in [0.25, 0.3) is 0 Å². The first-order valence-corrected chi connectivity index (χ1v) is 24.4. The lowest BCUT2D eigenvalue weighted by molar-refractivity contribution is -0.218. The van der Waals surface area contributed by atoms with Crippen molar-refractivity contribution in [3.63, 3.8) is 0 Å². The molecular weight excluding hydrogens is 884 g/mol. The van der Waals surface area contributed by atoms with E-state index in [0.29, 0.717) is 94.1 Å². The Hall–Kier alpha value is -5.31. The molecule has 366 valence electrons. The van der Waals surface area contributed by atoms with Gasteiger partial charge in [-0.1, -0.05) is 6.58 Å².